The van der Waals surface area contributed by atoms with Crippen molar-refractivity contribution in [2.45, 2.75) is 38.3 Å². The minimum Gasteiger partial charge on any atom is -0.376 e. The van der Waals surface area contributed by atoms with Gasteiger partial charge in [0.05, 0.1) is 17.8 Å². The number of hydrogen-bond donors (Lipinski definition) is 0. The highest BCUT2D eigenvalue weighted by molar-refractivity contribution is 6.29. The fourth-order valence-corrected chi connectivity index (χ4v) is 2.73. The van der Waals surface area contributed by atoms with E-state index in [2.05, 4.69) is 20.1 Å². The van der Waals surface area contributed by atoms with Crippen LogP contribution in [0.2, 0.25) is 5.15 Å². The standard InChI is InChI=1S/C11H15ClN4O/c1-7-10(12)14-15-11(13-7)16-5-2-3-9-8(16)4-6-17-9/h8-9H,2-6H2,1H3/t8-,9-/m0/s1. The van der Waals surface area contributed by atoms with Gasteiger partial charge in [-0.25, -0.2) is 4.98 Å². The summed E-state index contributed by atoms with van der Waals surface area (Å²) in [6, 6.07) is 0.408. The minimum absolute atomic E-state index is 0.336. The summed E-state index contributed by atoms with van der Waals surface area (Å²) in [6.07, 6.45) is 3.65. The van der Waals surface area contributed by atoms with Crippen molar-refractivity contribution in [1.29, 1.82) is 0 Å². The van der Waals surface area contributed by atoms with Gasteiger partial charge < -0.3 is 9.64 Å². The lowest BCUT2D eigenvalue weighted by Crippen LogP contribution is -2.46. The predicted molar refractivity (Wildman–Crippen MR) is 64.3 cm³/mol. The normalized spacial score (nSPS) is 28.2. The molecule has 3 rings (SSSR count). The first-order valence-electron chi connectivity index (χ1n) is 6.01. The van der Waals surface area contributed by atoms with Crippen LogP contribution in [-0.4, -0.2) is 40.5 Å². The van der Waals surface area contributed by atoms with E-state index in [-0.39, 0.29) is 0 Å². The van der Waals surface area contributed by atoms with Gasteiger partial charge in [0.2, 0.25) is 5.95 Å². The Kier molecular flexibility index (Phi) is 2.88. The van der Waals surface area contributed by atoms with Gasteiger partial charge in [0, 0.05) is 13.2 Å². The molecule has 0 N–H and O–H groups in total. The molecule has 2 aliphatic rings. The van der Waals surface area contributed by atoms with Crippen LogP contribution in [0.25, 0.3) is 0 Å². The van der Waals surface area contributed by atoms with Crippen LogP contribution in [0.4, 0.5) is 5.95 Å². The SMILES string of the molecule is Cc1nc(N2CCC[C@@H]3OCC[C@@H]32)nnc1Cl. The molecule has 0 amide bonds. The van der Waals surface area contributed by atoms with Gasteiger partial charge in [-0.3, -0.25) is 0 Å². The number of hydrogen-bond acceptors (Lipinski definition) is 5. The average molecular weight is 255 g/mol. The van der Waals surface area contributed by atoms with Gasteiger partial charge in [-0.15, -0.1) is 10.2 Å². The number of aryl methyl sites for hydroxylation is 1. The summed E-state index contributed by atoms with van der Waals surface area (Å²) in [5.74, 6) is 0.687. The predicted octanol–water partition coefficient (Wildman–Crippen LogP) is 1.59. The molecule has 92 valence electrons. The Bertz CT molecular complexity index is 428. The Hall–Kier alpha value is -0.940. The molecule has 1 aromatic heterocycles. The number of piperidine rings is 1. The van der Waals surface area contributed by atoms with E-state index in [4.69, 9.17) is 16.3 Å². The Labute approximate surface area is 105 Å². The van der Waals surface area contributed by atoms with Crippen LogP contribution in [0.3, 0.4) is 0 Å². The number of aromatic nitrogens is 3. The molecule has 5 nitrogen and oxygen atoms in total. The van der Waals surface area contributed by atoms with Crippen molar-refractivity contribution in [3.63, 3.8) is 0 Å². The second kappa shape index (κ2) is 4.38. The largest absolute Gasteiger partial charge is 0.376 e. The van der Waals surface area contributed by atoms with Crippen molar-refractivity contribution in [3.8, 4) is 0 Å². The molecule has 6 heteroatoms. The maximum atomic E-state index is 5.85. The van der Waals surface area contributed by atoms with Crippen molar-refractivity contribution in [1.82, 2.24) is 15.2 Å². The van der Waals surface area contributed by atoms with E-state index in [9.17, 15) is 0 Å². The average Bonchev–Trinajstić information content (AvgIpc) is 2.80. The third-order valence-corrected chi connectivity index (χ3v) is 3.86. The molecular formula is C11H15ClN4O. The van der Waals surface area contributed by atoms with Crippen molar-refractivity contribution in [3.05, 3.63) is 10.8 Å². The highest BCUT2D eigenvalue weighted by atomic mass is 35.5. The molecule has 0 saturated carbocycles. The van der Waals surface area contributed by atoms with Gasteiger partial charge in [0.15, 0.2) is 5.15 Å². The molecule has 0 unspecified atom stereocenters. The zero-order valence-electron chi connectivity index (χ0n) is 9.77. The third-order valence-electron chi connectivity index (χ3n) is 3.51. The summed E-state index contributed by atoms with van der Waals surface area (Å²) in [6.45, 7) is 3.67. The molecule has 0 bridgehead atoms. The first-order chi connectivity index (χ1) is 8.25. The summed E-state index contributed by atoms with van der Waals surface area (Å²) < 4.78 is 5.72. The van der Waals surface area contributed by atoms with E-state index < -0.39 is 0 Å². The summed E-state index contributed by atoms with van der Waals surface area (Å²) in [4.78, 5) is 6.64. The molecule has 0 aromatic carbocycles. The van der Waals surface area contributed by atoms with E-state index in [1.165, 1.54) is 0 Å². The van der Waals surface area contributed by atoms with Crippen molar-refractivity contribution >= 4 is 17.5 Å². The second-order valence-corrected chi connectivity index (χ2v) is 4.95. The van der Waals surface area contributed by atoms with Crippen LogP contribution in [0.1, 0.15) is 25.0 Å². The lowest BCUT2D eigenvalue weighted by atomic mass is 9.99. The molecule has 2 atom stereocenters. The maximum absolute atomic E-state index is 5.85. The van der Waals surface area contributed by atoms with Crippen molar-refractivity contribution < 1.29 is 4.74 Å². The number of fused-ring (bicyclic) bond motifs is 1. The smallest absolute Gasteiger partial charge is 0.246 e. The van der Waals surface area contributed by atoms with Crippen LogP contribution in [0, 0.1) is 6.92 Å². The van der Waals surface area contributed by atoms with E-state index in [1.807, 2.05) is 6.92 Å². The summed E-state index contributed by atoms with van der Waals surface area (Å²) >= 11 is 5.85. The van der Waals surface area contributed by atoms with Crippen LogP contribution in [0.5, 0.6) is 0 Å². The van der Waals surface area contributed by atoms with Gasteiger partial charge in [-0.2, -0.15) is 0 Å². The number of rotatable bonds is 1. The van der Waals surface area contributed by atoms with Gasteiger partial charge >= 0.3 is 0 Å². The minimum atomic E-state index is 0.336. The molecule has 1 aromatic rings. The molecule has 0 radical (unpaired) electrons. The maximum Gasteiger partial charge on any atom is 0.246 e. The Morgan fingerprint density at radius 2 is 2.24 bits per heavy atom. The van der Waals surface area contributed by atoms with Crippen LogP contribution < -0.4 is 4.90 Å². The third kappa shape index (κ3) is 1.98. The van der Waals surface area contributed by atoms with Crippen molar-refractivity contribution in [2.24, 2.45) is 0 Å². The van der Waals surface area contributed by atoms with E-state index in [0.29, 0.717) is 23.2 Å². The molecular weight excluding hydrogens is 240 g/mol. The summed E-state index contributed by atoms with van der Waals surface area (Å²) in [5.41, 5.74) is 0.734. The zero-order chi connectivity index (χ0) is 11.8. The van der Waals surface area contributed by atoms with Gasteiger partial charge in [-0.1, -0.05) is 11.6 Å². The Morgan fingerprint density at radius 3 is 3.06 bits per heavy atom. The molecule has 0 spiro atoms. The molecule has 2 fully saturated rings. The van der Waals surface area contributed by atoms with Crippen molar-refractivity contribution in [2.75, 3.05) is 18.1 Å². The lowest BCUT2D eigenvalue weighted by molar-refractivity contribution is 0.0859. The van der Waals surface area contributed by atoms with E-state index in [1.54, 1.807) is 0 Å². The quantitative estimate of drug-likeness (QED) is 0.762. The molecule has 2 saturated heterocycles. The van der Waals surface area contributed by atoms with E-state index >= 15 is 0 Å². The molecule has 2 aliphatic heterocycles. The fraction of sp³-hybridized carbons (Fsp3) is 0.727. The molecule has 0 aliphatic carbocycles. The fourth-order valence-electron chi connectivity index (χ4n) is 2.65. The Balaban J connectivity index is 1.89. The molecule has 17 heavy (non-hydrogen) atoms. The zero-order valence-corrected chi connectivity index (χ0v) is 10.5. The number of nitrogens with zero attached hydrogens (tertiary/aromatic N) is 4. The monoisotopic (exact) mass is 254 g/mol. The topological polar surface area (TPSA) is 51.1 Å². The van der Waals surface area contributed by atoms with Crippen LogP contribution in [0.15, 0.2) is 0 Å². The summed E-state index contributed by atoms with van der Waals surface area (Å²) in [7, 11) is 0. The highest BCUT2D eigenvalue weighted by Gasteiger charge is 2.37. The number of ether oxygens (including phenoxy) is 1. The Morgan fingerprint density at radius 1 is 1.35 bits per heavy atom. The van der Waals surface area contributed by atoms with E-state index in [0.717, 1.165) is 38.1 Å². The van der Waals surface area contributed by atoms with Gasteiger partial charge in [0.1, 0.15) is 0 Å². The number of anilines is 1. The van der Waals surface area contributed by atoms with Crippen LogP contribution >= 0.6 is 11.6 Å². The van der Waals surface area contributed by atoms with Crippen LogP contribution in [-0.2, 0) is 4.74 Å². The lowest BCUT2D eigenvalue weighted by Gasteiger charge is -2.36. The highest BCUT2D eigenvalue weighted by Crippen LogP contribution is 2.30. The number of halogens is 1. The van der Waals surface area contributed by atoms with Gasteiger partial charge in [0.25, 0.3) is 0 Å². The van der Waals surface area contributed by atoms with Gasteiger partial charge in [-0.05, 0) is 26.2 Å². The first-order valence-corrected chi connectivity index (χ1v) is 6.38. The first kappa shape index (κ1) is 11.2. The molecule has 3 heterocycles. The summed E-state index contributed by atoms with van der Waals surface area (Å²) in [5, 5.41) is 8.42. The second-order valence-electron chi connectivity index (χ2n) is 4.59.